The molecule has 0 radical (unpaired) electrons. The molecule has 2 aliphatic heterocycles. The van der Waals surface area contributed by atoms with Crippen LogP contribution in [-0.4, -0.2) is 57.9 Å². The summed E-state index contributed by atoms with van der Waals surface area (Å²) in [6, 6.07) is 0.223. The lowest BCUT2D eigenvalue weighted by Crippen LogP contribution is -2.40. The molecule has 6 heteroatoms. The van der Waals surface area contributed by atoms with Gasteiger partial charge in [0.1, 0.15) is 0 Å². The quantitative estimate of drug-likeness (QED) is 0.749. The summed E-state index contributed by atoms with van der Waals surface area (Å²) < 4.78 is 34.8. The molecule has 0 spiro atoms. The molecule has 5 nitrogen and oxygen atoms in total. The Morgan fingerprint density at radius 2 is 1.95 bits per heavy atom. The molecule has 0 saturated carbocycles. The SMILES string of the molecule is CC(NCCS(=O)(=O)CC1CCCO1)C1CCCO1. The van der Waals surface area contributed by atoms with Crippen LogP contribution in [0.4, 0.5) is 0 Å². The Morgan fingerprint density at radius 1 is 1.21 bits per heavy atom. The third kappa shape index (κ3) is 5.02. The molecule has 0 amide bonds. The molecule has 2 heterocycles. The second-order valence-corrected chi connectivity index (χ2v) is 7.77. The van der Waals surface area contributed by atoms with Gasteiger partial charge in [0.05, 0.1) is 23.7 Å². The first-order valence-corrected chi connectivity index (χ1v) is 9.06. The highest BCUT2D eigenvalue weighted by atomic mass is 32.2. The van der Waals surface area contributed by atoms with Crippen LogP contribution in [0.1, 0.15) is 32.6 Å². The van der Waals surface area contributed by atoms with E-state index in [0.29, 0.717) is 13.2 Å². The van der Waals surface area contributed by atoms with Crippen LogP contribution in [0.25, 0.3) is 0 Å². The summed E-state index contributed by atoms with van der Waals surface area (Å²) in [5.74, 6) is 0.354. The van der Waals surface area contributed by atoms with Crippen LogP contribution in [-0.2, 0) is 19.3 Å². The van der Waals surface area contributed by atoms with E-state index in [1.165, 1.54) is 0 Å². The van der Waals surface area contributed by atoms with E-state index in [9.17, 15) is 8.42 Å². The monoisotopic (exact) mass is 291 g/mol. The van der Waals surface area contributed by atoms with Crippen molar-refractivity contribution in [3.8, 4) is 0 Å². The van der Waals surface area contributed by atoms with Crippen LogP contribution < -0.4 is 5.32 Å². The lowest BCUT2D eigenvalue weighted by Gasteiger charge is -2.20. The predicted molar refractivity (Wildman–Crippen MR) is 74.1 cm³/mol. The molecule has 19 heavy (non-hydrogen) atoms. The van der Waals surface area contributed by atoms with Crippen molar-refractivity contribution in [2.75, 3.05) is 31.3 Å². The number of rotatable bonds is 7. The fourth-order valence-corrected chi connectivity index (χ4v) is 4.14. The van der Waals surface area contributed by atoms with Crippen molar-refractivity contribution < 1.29 is 17.9 Å². The summed E-state index contributed by atoms with van der Waals surface area (Å²) in [7, 11) is -3.01. The van der Waals surface area contributed by atoms with Crippen LogP contribution in [0, 0.1) is 0 Å². The van der Waals surface area contributed by atoms with E-state index >= 15 is 0 Å². The van der Waals surface area contributed by atoms with Gasteiger partial charge in [0.2, 0.25) is 0 Å². The topological polar surface area (TPSA) is 64.6 Å². The molecule has 2 fully saturated rings. The molecular weight excluding hydrogens is 266 g/mol. The Balaban J connectivity index is 1.65. The van der Waals surface area contributed by atoms with Gasteiger partial charge < -0.3 is 14.8 Å². The fourth-order valence-electron chi connectivity index (χ4n) is 2.71. The molecule has 2 aliphatic rings. The highest BCUT2D eigenvalue weighted by molar-refractivity contribution is 7.91. The Labute approximate surface area is 116 Å². The number of ether oxygens (including phenoxy) is 2. The van der Waals surface area contributed by atoms with E-state index in [2.05, 4.69) is 12.2 Å². The molecule has 0 aromatic carbocycles. The predicted octanol–water partition coefficient (Wildman–Crippen LogP) is 0.737. The minimum absolute atomic E-state index is 0.0828. The summed E-state index contributed by atoms with van der Waals surface area (Å²) in [6.45, 7) is 4.08. The Hall–Kier alpha value is -0.170. The van der Waals surface area contributed by atoms with E-state index in [0.717, 1.165) is 32.3 Å². The second-order valence-electron chi connectivity index (χ2n) is 5.54. The van der Waals surface area contributed by atoms with E-state index in [4.69, 9.17) is 9.47 Å². The van der Waals surface area contributed by atoms with E-state index in [1.807, 2.05) is 0 Å². The normalized spacial score (nSPS) is 29.7. The fraction of sp³-hybridized carbons (Fsp3) is 1.00. The maximum atomic E-state index is 11.9. The largest absolute Gasteiger partial charge is 0.377 e. The molecular formula is C13H25NO4S. The highest BCUT2D eigenvalue weighted by Crippen LogP contribution is 2.16. The van der Waals surface area contributed by atoms with Crippen molar-refractivity contribution in [1.82, 2.24) is 5.32 Å². The van der Waals surface area contributed by atoms with E-state index in [-0.39, 0.29) is 29.8 Å². The smallest absolute Gasteiger partial charge is 0.154 e. The van der Waals surface area contributed by atoms with Gasteiger partial charge in [0.15, 0.2) is 9.84 Å². The minimum Gasteiger partial charge on any atom is -0.377 e. The molecule has 112 valence electrons. The first-order chi connectivity index (χ1) is 9.07. The molecule has 0 bridgehead atoms. The van der Waals surface area contributed by atoms with Crippen molar-refractivity contribution >= 4 is 9.84 Å². The number of hydrogen-bond acceptors (Lipinski definition) is 5. The maximum Gasteiger partial charge on any atom is 0.154 e. The van der Waals surface area contributed by atoms with Gasteiger partial charge in [-0.3, -0.25) is 0 Å². The van der Waals surface area contributed by atoms with Crippen LogP contribution >= 0.6 is 0 Å². The lowest BCUT2D eigenvalue weighted by molar-refractivity contribution is 0.0843. The van der Waals surface area contributed by atoms with Crippen molar-refractivity contribution in [1.29, 1.82) is 0 Å². The Kier molecular flexibility index (Phi) is 5.62. The minimum atomic E-state index is -3.01. The van der Waals surface area contributed by atoms with Gasteiger partial charge in [-0.1, -0.05) is 0 Å². The molecule has 2 saturated heterocycles. The summed E-state index contributed by atoms with van der Waals surface area (Å²) in [6.07, 6.45) is 4.18. The lowest BCUT2D eigenvalue weighted by atomic mass is 10.1. The third-order valence-corrected chi connectivity index (χ3v) is 5.57. The van der Waals surface area contributed by atoms with Crippen molar-refractivity contribution in [3.63, 3.8) is 0 Å². The zero-order valence-corrected chi connectivity index (χ0v) is 12.5. The van der Waals surface area contributed by atoms with Gasteiger partial charge in [-0.05, 0) is 32.6 Å². The molecule has 0 aromatic heterocycles. The molecule has 3 unspecified atom stereocenters. The van der Waals surface area contributed by atoms with Crippen molar-refractivity contribution in [2.45, 2.75) is 50.9 Å². The van der Waals surface area contributed by atoms with Crippen molar-refractivity contribution in [3.05, 3.63) is 0 Å². The Bertz CT molecular complexity index is 359. The van der Waals surface area contributed by atoms with Gasteiger partial charge in [0, 0.05) is 25.8 Å². The summed E-state index contributed by atoms with van der Waals surface area (Å²) in [4.78, 5) is 0. The highest BCUT2D eigenvalue weighted by Gasteiger charge is 2.25. The first kappa shape index (κ1) is 15.2. The van der Waals surface area contributed by atoms with Gasteiger partial charge in [-0.15, -0.1) is 0 Å². The molecule has 0 aliphatic carbocycles. The standard InChI is InChI=1S/C13H25NO4S/c1-11(13-5-3-8-18-13)14-6-9-19(15,16)10-12-4-2-7-17-12/h11-14H,2-10H2,1H3. The average molecular weight is 291 g/mol. The van der Waals surface area contributed by atoms with Crippen LogP contribution in [0.2, 0.25) is 0 Å². The van der Waals surface area contributed by atoms with E-state index in [1.54, 1.807) is 0 Å². The Morgan fingerprint density at radius 3 is 2.58 bits per heavy atom. The van der Waals surface area contributed by atoms with Gasteiger partial charge in [-0.2, -0.15) is 0 Å². The molecule has 2 rings (SSSR count). The third-order valence-electron chi connectivity index (χ3n) is 3.87. The van der Waals surface area contributed by atoms with E-state index < -0.39 is 9.84 Å². The van der Waals surface area contributed by atoms with Gasteiger partial charge in [-0.25, -0.2) is 8.42 Å². The van der Waals surface area contributed by atoms with Crippen LogP contribution in [0.5, 0.6) is 0 Å². The summed E-state index contributed by atoms with van der Waals surface area (Å²) in [5, 5.41) is 3.26. The zero-order valence-electron chi connectivity index (χ0n) is 11.6. The van der Waals surface area contributed by atoms with Crippen LogP contribution in [0.3, 0.4) is 0 Å². The second kappa shape index (κ2) is 7.02. The number of nitrogens with one attached hydrogen (secondary N) is 1. The molecule has 0 aromatic rings. The summed E-state index contributed by atoms with van der Waals surface area (Å²) >= 11 is 0. The molecule has 3 atom stereocenters. The summed E-state index contributed by atoms with van der Waals surface area (Å²) in [5.41, 5.74) is 0. The van der Waals surface area contributed by atoms with Gasteiger partial charge in [0.25, 0.3) is 0 Å². The van der Waals surface area contributed by atoms with Crippen LogP contribution in [0.15, 0.2) is 0 Å². The van der Waals surface area contributed by atoms with Crippen molar-refractivity contribution in [2.24, 2.45) is 0 Å². The molecule has 1 N–H and O–H groups in total. The number of hydrogen-bond donors (Lipinski definition) is 1. The number of sulfone groups is 1. The average Bonchev–Trinajstić information content (AvgIpc) is 2.99. The zero-order chi connectivity index (χ0) is 13.7. The maximum absolute atomic E-state index is 11.9. The first-order valence-electron chi connectivity index (χ1n) is 7.24. The van der Waals surface area contributed by atoms with Gasteiger partial charge >= 0.3 is 0 Å².